The number of methoxy groups -OCH3 is 1. The van der Waals surface area contributed by atoms with Gasteiger partial charge in [-0.2, -0.15) is 0 Å². The highest BCUT2D eigenvalue weighted by Gasteiger charge is 2.23. The van der Waals surface area contributed by atoms with Crippen LogP contribution >= 0.6 is 0 Å². The molecule has 1 rings (SSSR count). The summed E-state index contributed by atoms with van der Waals surface area (Å²) in [5.41, 5.74) is 1.92. The molecule has 0 aliphatic heterocycles. The van der Waals surface area contributed by atoms with Crippen LogP contribution in [0.15, 0.2) is 24.3 Å². The fraction of sp³-hybridized carbons (Fsp3) is 0.562. The van der Waals surface area contributed by atoms with Crippen molar-refractivity contribution in [2.75, 3.05) is 20.3 Å². The number of aliphatic carboxylic acids is 1. The topological polar surface area (TPSA) is 78.8 Å². The summed E-state index contributed by atoms with van der Waals surface area (Å²) in [5.74, 6) is -0.927. The third-order valence-corrected chi connectivity index (χ3v) is 3.44. The molecule has 0 aliphatic rings. The summed E-state index contributed by atoms with van der Waals surface area (Å²) in [6.07, 6.45) is 0.747. The Bertz CT molecular complexity index is 419. The highest BCUT2D eigenvalue weighted by molar-refractivity contribution is 5.67. The van der Waals surface area contributed by atoms with E-state index in [-0.39, 0.29) is 6.42 Å². The lowest BCUT2D eigenvalue weighted by atomic mass is 9.98. The van der Waals surface area contributed by atoms with Gasteiger partial charge in [0.2, 0.25) is 0 Å². The first kappa shape index (κ1) is 17.6. The van der Waals surface area contributed by atoms with Crippen molar-refractivity contribution in [2.24, 2.45) is 0 Å². The number of carbonyl (C=O) groups is 1. The molecule has 1 aromatic carbocycles. The second-order valence-electron chi connectivity index (χ2n) is 5.04. The summed E-state index contributed by atoms with van der Waals surface area (Å²) in [7, 11) is 1.62. The Balaban J connectivity index is 2.67. The Morgan fingerprint density at radius 2 is 2.00 bits per heavy atom. The molecule has 0 saturated carbocycles. The van der Waals surface area contributed by atoms with Crippen LogP contribution in [0.5, 0.6) is 0 Å². The Morgan fingerprint density at radius 3 is 2.52 bits per heavy atom. The molecular weight excluding hydrogens is 270 g/mol. The highest BCUT2D eigenvalue weighted by Crippen LogP contribution is 2.20. The van der Waals surface area contributed by atoms with E-state index in [1.165, 1.54) is 5.56 Å². The van der Waals surface area contributed by atoms with Gasteiger partial charge in [0.1, 0.15) is 0 Å². The molecule has 0 aromatic heterocycles. The number of carboxylic acids is 1. The number of aliphatic hydroxyl groups is 1. The largest absolute Gasteiger partial charge is 0.481 e. The number of benzene rings is 1. The van der Waals surface area contributed by atoms with Gasteiger partial charge < -0.3 is 20.3 Å². The van der Waals surface area contributed by atoms with E-state index in [2.05, 4.69) is 12.2 Å². The van der Waals surface area contributed by atoms with Crippen molar-refractivity contribution in [3.05, 3.63) is 35.4 Å². The molecule has 0 radical (unpaired) electrons. The molecule has 21 heavy (non-hydrogen) atoms. The number of aliphatic hydroxyl groups excluding tert-OH is 1. The minimum Gasteiger partial charge on any atom is -0.481 e. The van der Waals surface area contributed by atoms with E-state index in [9.17, 15) is 9.90 Å². The molecule has 5 nitrogen and oxygen atoms in total. The van der Waals surface area contributed by atoms with Crippen LogP contribution in [0.4, 0.5) is 0 Å². The van der Waals surface area contributed by atoms with Gasteiger partial charge in [0.15, 0.2) is 0 Å². The summed E-state index contributed by atoms with van der Waals surface area (Å²) in [6.45, 7) is 3.28. The van der Waals surface area contributed by atoms with Crippen LogP contribution < -0.4 is 5.32 Å². The van der Waals surface area contributed by atoms with E-state index in [1.54, 1.807) is 7.11 Å². The molecule has 0 saturated heterocycles. The maximum absolute atomic E-state index is 11.0. The molecule has 0 amide bonds. The Hall–Kier alpha value is -1.43. The maximum atomic E-state index is 11.0. The first-order chi connectivity index (χ1) is 10.1. The number of rotatable bonds is 10. The zero-order valence-electron chi connectivity index (χ0n) is 12.7. The summed E-state index contributed by atoms with van der Waals surface area (Å²) in [6, 6.07) is 7.12. The SMILES string of the molecule is CCc1ccc(C(O)C(CC(=O)O)NCCCOC)cc1. The van der Waals surface area contributed by atoms with Crippen molar-refractivity contribution in [2.45, 2.75) is 38.3 Å². The Kier molecular flexibility index (Phi) is 7.97. The predicted molar refractivity (Wildman–Crippen MR) is 81.3 cm³/mol. The zero-order chi connectivity index (χ0) is 15.7. The molecule has 0 spiro atoms. The summed E-state index contributed by atoms with van der Waals surface area (Å²) in [4.78, 5) is 11.0. The smallest absolute Gasteiger partial charge is 0.305 e. The maximum Gasteiger partial charge on any atom is 0.305 e. The molecule has 2 unspecified atom stereocenters. The summed E-state index contributed by atoms with van der Waals surface area (Å²) < 4.78 is 4.96. The average molecular weight is 295 g/mol. The molecular formula is C16H25NO4. The molecule has 1 aromatic rings. The fourth-order valence-electron chi connectivity index (χ4n) is 2.17. The van der Waals surface area contributed by atoms with Gasteiger partial charge in [-0.05, 0) is 30.5 Å². The number of ether oxygens (including phenoxy) is 1. The molecule has 3 N–H and O–H groups in total. The van der Waals surface area contributed by atoms with Gasteiger partial charge in [-0.3, -0.25) is 4.79 Å². The zero-order valence-corrected chi connectivity index (χ0v) is 12.7. The van der Waals surface area contributed by atoms with E-state index < -0.39 is 18.1 Å². The minimum atomic E-state index is -0.927. The second kappa shape index (κ2) is 9.50. The molecule has 0 heterocycles. The van der Waals surface area contributed by atoms with Crippen LogP contribution in [0, 0.1) is 0 Å². The molecule has 5 heteroatoms. The first-order valence-electron chi connectivity index (χ1n) is 7.29. The molecule has 0 aliphatic carbocycles. The van der Waals surface area contributed by atoms with Crippen LogP contribution in [-0.4, -0.2) is 42.5 Å². The van der Waals surface area contributed by atoms with Crippen molar-refractivity contribution in [3.8, 4) is 0 Å². The number of aryl methyl sites for hydroxylation is 1. The van der Waals surface area contributed by atoms with E-state index in [0.29, 0.717) is 13.2 Å². The number of nitrogens with one attached hydrogen (secondary N) is 1. The van der Waals surface area contributed by atoms with Gasteiger partial charge in [0.05, 0.1) is 12.5 Å². The Labute approximate surface area is 125 Å². The third-order valence-electron chi connectivity index (χ3n) is 3.44. The van der Waals surface area contributed by atoms with Crippen molar-refractivity contribution < 1.29 is 19.7 Å². The lowest BCUT2D eigenvalue weighted by Crippen LogP contribution is -2.37. The van der Waals surface area contributed by atoms with Crippen molar-refractivity contribution in [1.82, 2.24) is 5.32 Å². The van der Waals surface area contributed by atoms with E-state index in [1.807, 2.05) is 24.3 Å². The van der Waals surface area contributed by atoms with Gasteiger partial charge >= 0.3 is 5.97 Å². The van der Waals surface area contributed by atoms with Gasteiger partial charge in [0.25, 0.3) is 0 Å². The fourth-order valence-corrected chi connectivity index (χ4v) is 2.17. The minimum absolute atomic E-state index is 0.121. The predicted octanol–water partition coefficient (Wildman–Crippen LogP) is 1.75. The molecule has 0 fully saturated rings. The van der Waals surface area contributed by atoms with Crippen LogP contribution in [0.25, 0.3) is 0 Å². The quantitative estimate of drug-likeness (QED) is 0.573. The standard InChI is InChI=1S/C16H25NO4/c1-3-12-5-7-13(8-6-12)16(20)14(11-15(18)19)17-9-4-10-21-2/h5-8,14,16-17,20H,3-4,9-11H2,1-2H3,(H,18,19). The lowest BCUT2D eigenvalue weighted by Gasteiger charge is -2.23. The summed E-state index contributed by atoms with van der Waals surface area (Å²) in [5, 5.41) is 22.5. The molecule has 118 valence electrons. The van der Waals surface area contributed by atoms with Crippen molar-refractivity contribution in [3.63, 3.8) is 0 Å². The monoisotopic (exact) mass is 295 g/mol. The normalized spacial score (nSPS) is 13.9. The molecule has 0 bridgehead atoms. The second-order valence-corrected chi connectivity index (χ2v) is 5.04. The van der Waals surface area contributed by atoms with E-state index in [0.717, 1.165) is 18.4 Å². The summed E-state index contributed by atoms with van der Waals surface area (Å²) >= 11 is 0. The van der Waals surface area contributed by atoms with Crippen LogP contribution in [0.1, 0.15) is 37.0 Å². The average Bonchev–Trinajstić information content (AvgIpc) is 2.49. The number of hydrogen-bond acceptors (Lipinski definition) is 4. The van der Waals surface area contributed by atoms with Crippen LogP contribution in [0.3, 0.4) is 0 Å². The third kappa shape index (κ3) is 6.25. The first-order valence-corrected chi connectivity index (χ1v) is 7.29. The highest BCUT2D eigenvalue weighted by atomic mass is 16.5. The number of carboxylic acid groups (broad SMARTS) is 1. The van der Waals surface area contributed by atoms with Gasteiger partial charge in [-0.15, -0.1) is 0 Å². The number of hydrogen-bond donors (Lipinski definition) is 3. The van der Waals surface area contributed by atoms with Gasteiger partial charge in [0, 0.05) is 19.8 Å². The van der Waals surface area contributed by atoms with Crippen LogP contribution in [-0.2, 0) is 16.0 Å². The van der Waals surface area contributed by atoms with Gasteiger partial charge in [-0.1, -0.05) is 31.2 Å². The van der Waals surface area contributed by atoms with Gasteiger partial charge in [-0.25, -0.2) is 0 Å². The Morgan fingerprint density at radius 1 is 1.33 bits per heavy atom. The van der Waals surface area contributed by atoms with E-state index in [4.69, 9.17) is 9.84 Å². The van der Waals surface area contributed by atoms with Crippen molar-refractivity contribution in [1.29, 1.82) is 0 Å². The van der Waals surface area contributed by atoms with Crippen molar-refractivity contribution >= 4 is 5.97 Å². The van der Waals surface area contributed by atoms with E-state index >= 15 is 0 Å². The lowest BCUT2D eigenvalue weighted by molar-refractivity contribution is -0.138. The van der Waals surface area contributed by atoms with Crippen LogP contribution in [0.2, 0.25) is 0 Å². The molecule has 2 atom stereocenters.